The molecule has 32 heavy (non-hydrogen) atoms. The molecule has 5 atom stereocenters. The lowest BCUT2D eigenvalue weighted by molar-refractivity contribution is -0.147. The number of aliphatic hydroxyl groups is 1. The zero-order valence-electron chi connectivity index (χ0n) is 18.4. The number of hydrogen-bond acceptors (Lipinski definition) is 8. The summed E-state index contributed by atoms with van der Waals surface area (Å²) in [5.74, 6) is -5.61. The first kappa shape index (κ1) is 29.2. The Morgan fingerprint density at radius 1 is 0.906 bits per heavy atom. The maximum atomic E-state index is 12.9. The highest BCUT2D eigenvalue weighted by molar-refractivity contribution is 5.94. The molecule has 0 saturated heterocycles. The molecule has 0 spiro atoms. The van der Waals surface area contributed by atoms with Crippen molar-refractivity contribution in [3.63, 3.8) is 0 Å². The molecular weight excluding hydrogens is 426 g/mol. The standard InChI is InChI=1S/C19H35N5O8/c1-3-10(2)15(24-16(28)11(21)9-25)18(30)22-12(6-4-5-7-20)17(29)23-13(19(31)32)8-14(26)27/h10-13,15,25H,3-9,20-21H2,1-2H3,(H,22,30)(H,23,29)(H,24,28)(H,26,27)(H,31,32). The van der Waals surface area contributed by atoms with Crippen LogP contribution in [0.3, 0.4) is 0 Å². The van der Waals surface area contributed by atoms with E-state index in [0.717, 1.165) is 0 Å². The van der Waals surface area contributed by atoms with Crippen molar-refractivity contribution in [3.05, 3.63) is 0 Å². The van der Waals surface area contributed by atoms with Crippen LogP contribution in [0, 0.1) is 5.92 Å². The topological polar surface area (TPSA) is 234 Å². The SMILES string of the molecule is CCC(C)C(NC(=O)C(N)CO)C(=O)NC(CCCCN)C(=O)NC(CC(=O)O)C(=O)O. The van der Waals surface area contributed by atoms with Gasteiger partial charge in [-0.15, -0.1) is 0 Å². The molecular formula is C19H35N5O8. The lowest BCUT2D eigenvalue weighted by Crippen LogP contribution is -2.59. The average molecular weight is 462 g/mol. The van der Waals surface area contributed by atoms with Crippen molar-refractivity contribution in [1.29, 1.82) is 0 Å². The maximum Gasteiger partial charge on any atom is 0.326 e. The van der Waals surface area contributed by atoms with Crippen molar-refractivity contribution < 1.29 is 39.3 Å². The smallest absolute Gasteiger partial charge is 0.326 e. The van der Waals surface area contributed by atoms with Crippen molar-refractivity contribution in [2.24, 2.45) is 17.4 Å². The molecule has 10 N–H and O–H groups in total. The molecule has 13 nitrogen and oxygen atoms in total. The van der Waals surface area contributed by atoms with Gasteiger partial charge in [-0.3, -0.25) is 19.2 Å². The largest absolute Gasteiger partial charge is 0.481 e. The van der Waals surface area contributed by atoms with E-state index >= 15 is 0 Å². The molecule has 5 unspecified atom stereocenters. The van der Waals surface area contributed by atoms with Gasteiger partial charge in [-0.1, -0.05) is 20.3 Å². The number of aliphatic carboxylic acids is 2. The number of amides is 3. The van der Waals surface area contributed by atoms with E-state index in [1.165, 1.54) is 0 Å². The van der Waals surface area contributed by atoms with Gasteiger partial charge in [-0.05, 0) is 31.7 Å². The lowest BCUT2D eigenvalue weighted by Gasteiger charge is -2.27. The second kappa shape index (κ2) is 15.1. The Morgan fingerprint density at radius 2 is 1.50 bits per heavy atom. The number of carbonyl (C=O) groups is 5. The minimum atomic E-state index is -1.68. The molecule has 0 bridgehead atoms. The monoisotopic (exact) mass is 461 g/mol. The summed E-state index contributed by atoms with van der Waals surface area (Å²) >= 11 is 0. The maximum absolute atomic E-state index is 12.9. The van der Waals surface area contributed by atoms with Crippen LogP contribution in [0.25, 0.3) is 0 Å². The van der Waals surface area contributed by atoms with E-state index in [-0.39, 0.29) is 12.3 Å². The predicted molar refractivity (Wildman–Crippen MR) is 113 cm³/mol. The minimum absolute atomic E-state index is 0.117. The molecule has 0 rings (SSSR count). The summed E-state index contributed by atoms with van der Waals surface area (Å²) in [6, 6.07) is -5.16. The van der Waals surface area contributed by atoms with Crippen molar-refractivity contribution in [2.75, 3.05) is 13.2 Å². The van der Waals surface area contributed by atoms with Crippen LogP contribution in [-0.4, -0.2) is 82.3 Å². The fraction of sp³-hybridized carbons (Fsp3) is 0.737. The average Bonchev–Trinajstić information content (AvgIpc) is 2.74. The molecule has 0 aromatic rings. The third kappa shape index (κ3) is 10.5. The van der Waals surface area contributed by atoms with Gasteiger partial charge < -0.3 is 42.7 Å². The highest BCUT2D eigenvalue weighted by Gasteiger charge is 2.32. The zero-order chi connectivity index (χ0) is 24.8. The minimum Gasteiger partial charge on any atom is -0.481 e. The van der Waals surface area contributed by atoms with Gasteiger partial charge in [0.05, 0.1) is 13.0 Å². The van der Waals surface area contributed by atoms with Crippen molar-refractivity contribution in [1.82, 2.24) is 16.0 Å². The molecule has 0 heterocycles. The molecule has 0 aromatic heterocycles. The van der Waals surface area contributed by atoms with Crippen LogP contribution in [-0.2, 0) is 24.0 Å². The summed E-state index contributed by atoms with van der Waals surface area (Å²) < 4.78 is 0. The van der Waals surface area contributed by atoms with Gasteiger partial charge in [0.15, 0.2) is 0 Å². The van der Waals surface area contributed by atoms with E-state index < -0.39 is 66.9 Å². The first-order chi connectivity index (χ1) is 15.0. The first-order valence-electron chi connectivity index (χ1n) is 10.4. The first-order valence-corrected chi connectivity index (χ1v) is 10.4. The molecule has 3 amide bonds. The Bertz CT molecular complexity index is 660. The fourth-order valence-corrected chi connectivity index (χ4v) is 2.72. The number of nitrogens with one attached hydrogen (secondary N) is 3. The molecule has 0 aliphatic carbocycles. The van der Waals surface area contributed by atoms with Gasteiger partial charge in [-0.2, -0.15) is 0 Å². The quantitative estimate of drug-likeness (QED) is 0.112. The Labute approximate surface area is 186 Å². The summed E-state index contributed by atoms with van der Waals surface area (Å²) in [4.78, 5) is 59.7. The van der Waals surface area contributed by atoms with Gasteiger partial charge in [0.25, 0.3) is 0 Å². The molecule has 0 saturated carbocycles. The van der Waals surface area contributed by atoms with Crippen LogP contribution in [0.15, 0.2) is 0 Å². The Hall–Kier alpha value is -2.77. The predicted octanol–water partition coefficient (Wildman–Crippen LogP) is -2.51. The fourth-order valence-electron chi connectivity index (χ4n) is 2.72. The Balaban J connectivity index is 5.54. The van der Waals surface area contributed by atoms with E-state index in [9.17, 15) is 24.0 Å². The van der Waals surface area contributed by atoms with Gasteiger partial charge in [0.2, 0.25) is 17.7 Å². The van der Waals surface area contributed by atoms with Crippen LogP contribution in [0.5, 0.6) is 0 Å². The van der Waals surface area contributed by atoms with E-state index in [1.807, 2.05) is 0 Å². The number of unbranched alkanes of at least 4 members (excludes halogenated alkanes) is 1. The molecule has 0 aliphatic rings. The summed E-state index contributed by atoms with van der Waals surface area (Å²) in [7, 11) is 0. The van der Waals surface area contributed by atoms with E-state index in [4.69, 9.17) is 26.8 Å². The normalized spacial score (nSPS) is 15.5. The molecule has 0 aromatic carbocycles. The third-order valence-corrected chi connectivity index (χ3v) is 4.90. The second-order valence-electron chi connectivity index (χ2n) is 7.50. The van der Waals surface area contributed by atoms with Crippen LogP contribution in [0.1, 0.15) is 46.0 Å². The molecule has 184 valence electrons. The third-order valence-electron chi connectivity index (χ3n) is 4.90. The highest BCUT2D eigenvalue weighted by atomic mass is 16.4. The number of aliphatic hydroxyl groups excluding tert-OH is 1. The van der Waals surface area contributed by atoms with Gasteiger partial charge >= 0.3 is 11.9 Å². The summed E-state index contributed by atoms with van der Waals surface area (Å²) in [5, 5.41) is 34.1. The van der Waals surface area contributed by atoms with E-state index in [2.05, 4.69) is 16.0 Å². The van der Waals surface area contributed by atoms with Crippen LogP contribution in [0.2, 0.25) is 0 Å². The van der Waals surface area contributed by atoms with Gasteiger partial charge in [0.1, 0.15) is 24.2 Å². The Kier molecular flexibility index (Phi) is 13.8. The van der Waals surface area contributed by atoms with Crippen molar-refractivity contribution in [2.45, 2.75) is 70.1 Å². The van der Waals surface area contributed by atoms with E-state index in [0.29, 0.717) is 25.8 Å². The summed E-state index contributed by atoms with van der Waals surface area (Å²) in [6.45, 7) is 3.21. The van der Waals surface area contributed by atoms with Crippen LogP contribution < -0.4 is 27.4 Å². The number of carboxylic acids is 2. The number of carbonyl (C=O) groups excluding carboxylic acids is 3. The Morgan fingerprint density at radius 3 is 1.97 bits per heavy atom. The molecule has 0 aliphatic heterocycles. The van der Waals surface area contributed by atoms with Gasteiger partial charge in [-0.25, -0.2) is 4.79 Å². The van der Waals surface area contributed by atoms with Crippen LogP contribution >= 0.6 is 0 Å². The van der Waals surface area contributed by atoms with Crippen molar-refractivity contribution in [3.8, 4) is 0 Å². The summed E-state index contributed by atoms with van der Waals surface area (Å²) in [6.07, 6.45) is 0.742. The summed E-state index contributed by atoms with van der Waals surface area (Å²) in [5.41, 5.74) is 10.9. The number of hydrogen-bond donors (Lipinski definition) is 8. The highest BCUT2D eigenvalue weighted by Crippen LogP contribution is 2.10. The second-order valence-corrected chi connectivity index (χ2v) is 7.50. The number of nitrogens with two attached hydrogens (primary N) is 2. The molecule has 0 fully saturated rings. The molecule has 13 heteroatoms. The van der Waals surface area contributed by atoms with Crippen LogP contribution in [0.4, 0.5) is 0 Å². The van der Waals surface area contributed by atoms with E-state index in [1.54, 1.807) is 13.8 Å². The van der Waals surface area contributed by atoms with Crippen molar-refractivity contribution >= 4 is 29.7 Å². The number of carboxylic acid groups (broad SMARTS) is 2. The lowest BCUT2D eigenvalue weighted by atomic mass is 9.97. The molecule has 0 radical (unpaired) electrons. The zero-order valence-corrected chi connectivity index (χ0v) is 18.4. The number of rotatable bonds is 16. The van der Waals surface area contributed by atoms with Gasteiger partial charge in [0, 0.05) is 0 Å².